The summed E-state index contributed by atoms with van der Waals surface area (Å²) in [5.41, 5.74) is 3.40. The van der Waals surface area contributed by atoms with Crippen molar-refractivity contribution in [3.05, 3.63) is 54.9 Å². The first-order chi connectivity index (χ1) is 17.7. The third kappa shape index (κ3) is 9.84. The van der Waals surface area contributed by atoms with E-state index in [2.05, 4.69) is 59.5 Å². The van der Waals surface area contributed by atoms with Crippen molar-refractivity contribution in [2.45, 2.75) is 79.6 Å². The molecule has 0 bridgehead atoms. The van der Waals surface area contributed by atoms with Gasteiger partial charge in [-0.1, -0.05) is 52.7 Å². The maximum Gasteiger partial charge on any atom is 0.159 e. The molecule has 2 aliphatic rings. The minimum Gasteiger partial charge on any atom is -0.507 e. The molecule has 6 heteroatoms. The first-order valence-electron chi connectivity index (χ1n) is 13.7. The van der Waals surface area contributed by atoms with E-state index in [1.165, 1.54) is 58.0 Å². The van der Waals surface area contributed by atoms with Crippen molar-refractivity contribution in [1.29, 1.82) is 0 Å². The second-order valence-corrected chi connectivity index (χ2v) is 10.8. The van der Waals surface area contributed by atoms with Gasteiger partial charge in [0.05, 0.1) is 5.71 Å². The van der Waals surface area contributed by atoms with Crippen LogP contribution in [0.1, 0.15) is 85.1 Å². The van der Waals surface area contributed by atoms with E-state index in [0.29, 0.717) is 17.1 Å². The average Bonchev–Trinajstić information content (AvgIpc) is 2.88. The number of phenolic OH excluding ortho intramolecular Hbond substituents is 1. The van der Waals surface area contributed by atoms with Crippen LogP contribution in [-0.4, -0.2) is 51.5 Å². The Labute approximate surface area is 224 Å². The van der Waals surface area contributed by atoms with Gasteiger partial charge < -0.3 is 10.0 Å². The monoisotopic (exact) mass is 505 g/mol. The van der Waals surface area contributed by atoms with E-state index in [-0.39, 0.29) is 5.75 Å². The van der Waals surface area contributed by atoms with E-state index in [0.717, 1.165) is 22.6 Å². The molecule has 1 saturated heterocycles. The van der Waals surface area contributed by atoms with E-state index in [9.17, 15) is 5.11 Å². The number of hydrogen-bond acceptors (Lipinski definition) is 6. The Morgan fingerprint density at radius 2 is 1.78 bits per heavy atom. The number of piperidine rings is 1. The molecule has 2 aromatic rings. The van der Waals surface area contributed by atoms with Crippen LogP contribution in [-0.2, 0) is 0 Å². The van der Waals surface area contributed by atoms with Gasteiger partial charge in [-0.2, -0.15) is 10.2 Å². The predicted molar refractivity (Wildman–Crippen MR) is 157 cm³/mol. The van der Waals surface area contributed by atoms with Gasteiger partial charge in [0.25, 0.3) is 0 Å². The summed E-state index contributed by atoms with van der Waals surface area (Å²) in [6, 6.07) is 6.92. The van der Waals surface area contributed by atoms with E-state index < -0.39 is 0 Å². The molecule has 0 amide bonds. The van der Waals surface area contributed by atoms with Crippen molar-refractivity contribution in [3.8, 4) is 17.1 Å². The smallest absolute Gasteiger partial charge is 0.159 e. The zero-order chi connectivity index (χ0) is 27.3. The molecule has 37 heavy (non-hydrogen) atoms. The third-order valence-electron chi connectivity index (χ3n) is 6.88. The molecule has 1 aliphatic heterocycles. The van der Waals surface area contributed by atoms with Gasteiger partial charge in [0.15, 0.2) is 5.82 Å². The first-order valence-corrected chi connectivity index (χ1v) is 13.7. The molecule has 1 spiro atoms. The molecule has 2 fully saturated rings. The Hall–Kier alpha value is -2.86. The minimum atomic E-state index is 0.0857. The van der Waals surface area contributed by atoms with Crippen LogP contribution in [0.25, 0.3) is 11.4 Å². The molecule has 2 heterocycles. The van der Waals surface area contributed by atoms with Crippen molar-refractivity contribution in [3.63, 3.8) is 0 Å². The molecule has 1 aromatic heterocycles. The van der Waals surface area contributed by atoms with Crippen molar-refractivity contribution in [2.24, 2.45) is 21.5 Å². The number of allylic oxidation sites excluding steroid dienone is 1. The SMILES string of the molecule is C=C/C(=N\N=C(C)C)c1ccc(-c2ncccn2)cc1O.CC1CCCC2(CCN(C)CC2)C1.CCC. The molecule has 1 aliphatic carbocycles. The van der Waals surface area contributed by atoms with Crippen LogP contribution in [0.4, 0.5) is 0 Å². The lowest BCUT2D eigenvalue weighted by atomic mass is 9.65. The molecule has 1 unspecified atom stereocenters. The number of likely N-dealkylation sites (tertiary alicyclic amines) is 1. The standard InChI is InChI=1S/C16H16N4O.C12H23N.C3H8/c1-4-14(20-19-11(2)3)13-7-6-12(10-15(13)21)16-17-8-5-9-18-16;1-11-4-3-5-12(10-11)6-8-13(2)9-7-12;1-3-2/h4-10,21H,1H2,2-3H3;11H,3-10H2,1-2H3;3H2,1-2H3/b20-14+;;. The fraction of sp³-hybridized carbons (Fsp3) is 0.548. The molecule has 1 atom stereocenters. The highest BCUT2D eigenvalue weighted by Crippen LogP contribution is 2.46. The van der Waals surface area contributed by atoms with Crippen LogP contribution < -0.4 is 0 Å². The molecule has 202 valence electrons. The van der Waals surface area contributed by atoms with Gasteiger partial charge >= 0.3 is 0 Å². The van der Waals surface area contributed by atoms with E-state index in [1.54, 1.807) is 36.7 Å². The Morgan fingerprint density at radius 3 is 2.32 bits per heavy atom. The molecule has 6 nitrogen and oxygen atoms in total. The fourth-order valence-corrected chi connectivity index (χ4v) is 5.01. The van der Waals surface area contributed by atoms with Crippen molar-refractivity contribution < 1.29 is 5.11 Å². The third-order valence-corrected chi connectivity index (χ3v) is 6.88. The van der Waals surface area contributed by atoms with Gasteiger partial charge in [-0.05, 0) is 95.3 Å². The highest BCUT2D eigenvalue weighted by molar-refractivity contribution is 6.10. The van der Waals surface area contributed by atoms with Crippen LogP contribution in [0, 0.1) is 11.3 Å². The van der Waals surface area contributed by atoms with E-state index >= 15 is 0 Å². The fourth-order valence-electron chi connectivity index (χ4n) is 5.01. The van der Waals surface area contributed by atoms with Crippen LogP contribution in [0.5, 0.6) is 5.75 Å². The van der Waals surface area contributed by atoms with Crippen LogP contribution in [0.3, 0.4) is 0 Å². The molecule has 1 aromatic carbocycles. The van der Waals surface area contributed by atoms with Gasteiger partial charge in [-0.25, -0.2) is 9.97 Å². The summed E-state index contributed by atoms with van der Waals surface area (Å²) >= 11 is 0. The van der Waals surface area contributed by atoms with E-state index in [1.807, 2.05) is 19.9 Å². The largest absolute Gasteiger partial charge is 0.507 e. The molecule has 1 saturated carbocycles. The van der Waals surface area contributed by atoms with Gasteiger partial charge in [0, 0.05) is 29.2 Å². The number of hydrogen-bond donors (Lipinski definition) is 1. The lowest BCUT2D eigenvalue weighted by molar-refractivity contribution is 0.0594. The predicted octanol–water partition coefficient (Wildman–Crippen LogP) is 7.54. The Kier molecular flexibility index (Phi) is 12.6. The molecular weight excluding hydrogens is 458 g/mol. The van der Waals surface area contributed by atoms with Crippen molar-refractivity contribution in [1.82, 2.24) is 14.9 Å². The summed E-state index contributed by atoms with van der Waals surface area (Å²) in [5, 5.41) is 18.2. The first kappa shape index (κ1) is 30.4. The summed E-state index contributed by atoms with van der Waals surface area (Å²) in [7, 11) is 2.26. The quantitative estimate of drug-likeness (QED) is 0.344. The zero-order valence-corrected chi connectivity index (χ0v) is 23.9. The average molecular weight is 506 g/mol. The highest BCUT2D eigenvalue weighted by Gasteiger charge is 2.36. The topological polar surface area (TPSA) is 74.0 Å². The van der Waals surface area contributed by atoms with Gasteiger partial charge in [-0.15, -0.1) is 0 Å². The van der Waals surface area contributed by atoms with Crippen LogP contribution in [0.15, 0.2) is 59.5 Å². The maximum absolute atomic E-state index is 10.2. The Bertz CT molecular complexity index is 1020. The minimum absolute atomic E-state index is 0.0857. The number of aromatic hydroxyl groups is 1. The maximum atomic E-state index is 10.2. The summed E-state index contributed by atoms with van der Waals surface area (Å²) in [6.07, 6.45) is 15.1. The second-order valence-electron chi connectivity index (χ2n) is 10.8. The number of aromatic nitrogens is 2. The Morgan fingerprint density at radius 1 is 1.14 bits per heavy atom. The Balaban J connectivity index is 0.000000256. The summed E-state index contributed by atoms with van der Waals surface area (Å²) in [6.45, 7) is 16.8. The van der Waals surface area contributed by atoms with Crippen molar-refractivity contribution >= 4 is 11.4 Å². The number of benzene rings is 1. The van der Waals surface area contributed by atoms with Crippen LogP contribution >= 0.6 is 0 Å². The van der Waals surface area contributed by atoms with E-state index in [4.69, 9.17) is 0 Å². The number of phenols is 1. The zero-order valence-electron chi connectivity index (χ0n) is 23.9. The lowest BCUT2D eigenvalue weighted by Crippen LogP contribution is -2.40. The molecular formula is C31H47N5O. The molecule has 1 N–H and O–H groups in total. The normalized spacial score (nSPS) is 19.1. The second kappa shape index (κ2) is 15.4. The molecule has 4 rings (SSSR count). The van der Waals surface area contributed by atoms with Crippen molar-refractivity contribution in [2.75, 3.05) is 20.1 Å². The summed E-state index contributed by atoms with van der Waals surface area (Å²) in [4.78, 5) is 10.8. The highest BCUT2D eigenvalue weighted by atomic mass is 16.3. The van der Waals surface area contributed by atoms with Crippen LogP contribution in [0.2, 0.25) is 0 Å². The summed E-state index contributed by atoms with van der Waals surface area (Å²) in [5.74, 6) is 1.64. The summed E-state index contributed by atoms with van der Waals surface area (Å²) < 4.78 is 0. The van der Waals surface area contributed by atoms with Gasteiger partial charge in [0.2, 0.25) is 0 Å². The number of rotatable bonds is 4. The molecule has 0 radical (unpaired) electrons. The van der Waals surface area contributed by atoms with Gasteiger partial charge in [0.1, 0.15) is 5.75 Å². The van der Waals surface area contributed by atoms with Gasteiger partial charge in [-0.3, -0.25) is 0 Å². The lowest BCUT2D eigenvalue weighted by Gasteiger charge is -2.45. The number of nitrogens with zero attached hydrogens (tertiary/aromatic N) is 5.